The van der Waals surface area contributed by atoms with Crippen LogP contribution in [0.25, 0.3) is 0 Å². The Balaban J connectivity index is 2.18. The SMILES string of the molecule is CC(C)c1cccc(N2CC[C@H](C)C2)c1. The third-order valence-corrected chi connectivity index (χ3v) is 3.33. The Morgan fingerprint density at radius 1 is 1.33 bits per heavy atom. The highest BCUT2D eigenvalue weighted by molar-refractivity contribution is 5.50. The highest BCUT2D eigenvalue weighted by Crippen LogP contribution is 2.26. The standard InChI is InChI=1S/C14H21N/c1-11(2)13-5-4-6-14(9-13)15-8-7-12(3)10-15/h4-6,9,11-12H,7-8,10H2,1-3H3/t12-/m0/s1. The van der Waals surface area contributed by atoms with Crippen molar-refractivity contribution < 1.29 is 0 Å². The molecule has 0 radical (unpaired) electrons. The van der Waals surface area contributed by atoms with E-state index in [1.54, 1.807) is 0 Å². The normalized spacial score (nSPS) is 21.3. The molecule has 0 unspecified atom stereocenters. The fraction of sp³-hybridized carbons (Fsp3) is 0.571. The van der Waals surface area contributed by atoms with Gasteiger partial charge < -0.3 is 4.90 Å². The summed E-state index contributed by atoms with van der Waals surface area (Å²) in [5, 5.41) is 0. The van der Waals surface area contributed by atoms with Gasteiger partial charge >= 0.3 is 0 Å². The fourth-order valence-corrected chi connectivity index (χ4v) is 2.25. The summed E-state index contributed by atoms with van der Waals surface area (Å²) in [4.78, 5) is 2.51. The number of hydrogen-bond donors (Lipinski definition) is 0. The summed E-state index contributed by atoms with van der Waals surface area (Å²) in [5.74, 6) is 1.48. The first kappa shape index (κ1) is 10.5. The van der Waals surface area contributed by atoms with Crippen LogP contribution in [0.15, 0.2) is 24.3 Å². The Labute approximate surface area is 93.1 Å². The minimum Gasteiger partial charge on any atom is -0.371 e. The third-order valence-electron chi connectivity index (χ3n) is 3.33. The number of anilines is 1. The highest BCUT2D eigenvalue weighted by atomic mass is 15.1. The molecule has 1 aliphatic rings. The van der Waals surface area contributed by atoms with Gasteiger partial charge in [0, 0.05) is 18.8 Å². The van der Waals surface area contributed by atoms with E-state index in [-0.39, 0.29) is 0 Å². The molecule has 1 heterocycles. The van der Waals surface area contributed by atoms with Gasteiger partial charge in [0.15, 0.2) is 0 Å². The Kier molecular flexibility index (Phi) is 2.99. The molecule has 1 atom stereocenters. The second-order valence-corrected chi connectivity index (χ2v) is 5.09. The molecular formula is C14H21N. The van der Waals surface area contributed by atoms with E-state index in [1.165, 1.54) is 30.8 Å². The molecular weight excluding hydrogens is 182 g/mol. The molecule has 1 heteroatoms. The predicted octanol–water partition coefficient (Wildman–Crippen LogP) is 3.66. The minimum atomic E-state index is 0.630. The summed E-state index contributed by atoms with van der Waals surface area (Å²) in [5.41, 5.74) is 2.86. The van der Waals surface area contributed by atoms with Crippen molar-refractivity contribution in [3.05, 3.63) is 29.8 Å². The topological polar surface area (TPSA) is 3.24 Å². The summed E-state index contributed by atoms with van der Waals surface area (Å²) in [6, 6.07) is 9.01. The second kappa shape index (κ2) is 4.26. The number of rotatable bonds is 2. The molecule has 0 N–H and O–H groups in total. The molecule has 0 aliphatic carbocycles. The van der Waals surface area contributed by atoms with Crippen LogP contribution in [0.2, 0.25) is 0 Å². The summed E-state index contributed by atoms with van der Waals surface area (Å²) < 4.78 is 0. The first-order valence-electron chi connectivity index (χ1n) is 6.01. The lowest BCUT2D eigenvalue weighted by atomic mass is 10.0. The molecule has 0 saturated carbocycles. The van der Waals surface area contributed by atoms with Crippen LogP contribution in [-0.4, -0.2) is 13.1 Å². The average molecular weight is 203 g/mol. The number of nitrogens with zero attached hydrogens (tertiary/aromatic N) is 1. The van der Waals surface area contributed by atoms with Crippen molar-refractivity contribution in [3.63, 3.8) is 0 Å². The molecule has 0 spiro atoms. The Morgan fingerprint density at radius 2 is 2.13 bits per heavy atom. The summed E-state index contributed by atoms with van der Waals surface area (Å²) in [7, 11) is 0. The smallest absolute Gasteiger partial charge is 0.0369 e. The maximum absolute atomic E-state index is 2.51. The summed E-state index contributed by atoms with van der Waals surface area (Å²) in [6.45, 7) is 9.30. The largest absolute Gasteiger partial charge is 0.371 e. The number of hydrogen-bond acceptors (Lipinski definition) is 1. The Hall–Kier alpha value is -0.980. The van der Waals surface area contributed by atoms with E-state index < -0.39 is 0 Å². The van der Waals surface area contributed by atoms with E-state index in [0.717, 1.165) is 5.92 Å². The Morgan fingerprint density at radius 3 is 2.73 bits per heavy atom. The van der Waals surface area contributed by atoms with E-state index in [1.807, 2.05) is 0 Å². The molecule has 1 nitrogen and oxygen atoms in total. The third kappa shape index (κ3) is 2.34. The number of benzene rings is 1. The quantitative estimate of drug-likeness (QED) is 0.709. The molecule has 0 aromatic heterocycles. The van der Waals surface area contributed by atoms with Crippen LogP contribution < -0.4 is 4.90 Å². The lowest BCUT2D eigenvalue weighted by molar-refractivity contribution is 0.659. The zero-order valence-electron chi connectivity index (χ0n) is 10.0. The van der Waals surface area contributed by atoms with Gasteiger partial charge in [-0.3, -0.25) is 0 Å². The zero-order valence-corrected chi connectivity index (χ0v) is 10.0. The summed E-state index contributed by atoms with van der Waals surface area (Å²) in [6.07, 6.45) is 1.34. The van der Waals surface area contributed by atoms with Gasteiger partial charge in [-0.05, 0) is 36.0 Å². The van der Waals surface area contributed by atoms with Crippen LogP contribution >= 0.6 is 0 Å². The van der Waals surface area contributed by atoms with Gasteiger partial charge in [-0.1, -0.05) is 32.9 Å². The van der Waals surface area contributed by atoms with Gasteiger partial charge in [-0.15, -0.1) is 0 Å². The monoisotopic (exact) mass is 203 g/mol. The van der Waals surface area contributed by atoms with Crippen molar-refractivity contribution >= 4 is 5.69 Å². The van der Waals surface area contributed by atoms with E-state index in [4.69, 9.17) is 0 Å². The molecule has 0 bridgehead atoms. The van der Waals surface area contributed by atoms with Crippen LogP contribution in [0.1, 0.15) is 38.7 Å². The van der Waals surface area contributed by atoms with Gasteiger partial charge in [0.25, 0.3) is 0 Å². The maximum Gasteiger partial charge on any atom is 0.0369 e. The molecule has 1 aliphatic heterocycles. The second-order valence-electron chi connectivity index (χ2n) is 5.09. The van der Waals surface area contributed by atoms with Crippen LogP contribution in [0, 0.1) is 5.92 Å². The van der Waals surface area contributed by atoms with Gasteiger partial charge in [0.1, 0.15) is 0 Å². The van der Waals surface area contributed by atoms with Crippen molar-refractivity contribution in [2.75, 3.05) is 18.0 Å². The minimum absolute atomic E-state index is 0.630. The molecule has 1 saturated heterocycles. The van der Waals surface area contributed by atoms with Crippen molar-refractivity contribution in [3.8, 4) is 0 Å². The molecule has 2 rings (SSSR count). The van der Waals surface area contributed by atoms with E-state index in [9.17, 15) is 0 Å². The predicted molar refractivity (Wildman–Crippen MR) is 66.5 cm³/mol. The van der Waals surface area contributed by atoms with E-state index in [0.29, 0.717) is 5.92 Å². The Bertz CT molecular complexity index is 330. The van der Waals surface area contributed by atoms with Crippen molar-refractivity contribution in [2.24, 2.45) is 5.92 Å². The average Bonchev–Trinajstić information content (AvgIpc) is 2.65. The first-order valence-corrected chi connectivity index (χ1v) is 6.01. The van der Waals surface area contributed by atoms with E-state index >= 15 is 0 Å². The van der Waals surface area contributed by atoms with Gasteiger partial charge in [-0.25, -0.2) is 0 Å². The maximum atomic E-state index is 2.51. The molecule has 82 valence electrons. The molecule has 15 heavy (non-hydrogen) atoms. The lowest BCUT2D eigenvalue weighted by Gasteiger charge is -2.19. The zero-order chi connectivity index (χ0) is 10.8. The first-order chi connectivity index (χ1) is 7.16. The van der Waals surface area contributed by atoms with Crippen LogP contribution in [0.4, 0.5) is 5.69 Å². The van der Waals surface area contributed by atoms with Gasteiger partial charge in [0.05, 0.1) is 0 Å². The van der Waals surface area contributed by atoms with Gasteiger partial charge in [0.2, 0.25) is 0 Å². The van der Waals surface area contributed by atoms with Crippen molar-refractivity contribution in [1.29, 1.82) is 0 Å². The van der Waals surface area contributed by atoms with Crippen LogP contribution in [0.5, 0.6) is 0 Å². The van der Waals surface area contributed by atoms with Crippen LogP contribution in [-0.2, 0) is 0 Å². The highest BCUT2D eigenvalue weighted by Gasteiger charge is 2.18. The van der Waals surface area contributed by atoms with E-state index in [2.05, 4.69) is 49.9 Å². The summed E-state index contributed by atoms with van der Waals surface area (Å²) >= 11 is 0. The van der Waals surface area contributed by atoms with Crippen molar-refractivity contribution in [2.45, 2.75) is 33.1 Å². The fourth-order valence-electron chi connectivity index (χ4n) is 2.25. The molecule has 1 fully saturated rings. The molecule has 1 aromatic carbocycles. The van der Waals surface area contributed by atoms with Gasteiger partial charge in [-0.2, -0.15) is 0 Å². The van der Waals surface area contributed by atoms with Crippen LogP contribution in [0.3, 0.4) is 0 Å². The molecule has 0 amide bonds. The van der Waals surface area contributed by atoms with Crippen molar-refractivity contribution in [1.82, 2.24) is 0 Å². The lowest BCUT2D eigenvalue weighted by Crippen LogP contribution is -2.19. The molecule has 1 aromatic rings.